The molecule has 0 aliphatic heterocycles. The fourth-order valence-corrected chi connectivity index (χ4v) is 4.78. The summed E-state index contributed by atoms with van der Waals surface area (Å²) in [6.07, 6.45) is 3.20. The number of carbonyl (C=O) groups is 2. The maximum atomic E-state index is 13.6. The number of para-hydroxylation sites is 1. The Morgan fingerprint density at radius 3 is 2.29 bits per heavy atom. The van der Waals surface area contributed by atoms with Crippen LogP contribution in [-0.2, 0) is 26.2 Å². The first-order valence-corrected chi connectivity index (χ1v) is 13.7. The maximum Gasteiger partial charge on any atom is 0.244 e. The summed E-state index contributed by atoms with van der Waals surface area (Å²) in [4.78, 5) is 28.1. The molecule has 34 heavy (non-hydrogen) atoms. The number of nitrogens with zero attached hydrogens (tertiary/aromatic N) is 2. The van der Waals surface area contributed by atoms with Gasteiger partial charge in [0.2, 0.25) is 21.8 Å². The lowest BCUT2D eigenvalue weighted by molar-refractivity contribution is -0.140. The number of anilines is 1. The van der Waals surface area contributed by atoms with Crippen molar-refractivity contribution in [2.75, 3.05) is 23.7 Å². The highest BCUT2D eigenvalue weighted by Gasteiger charge is 2.32. The number of nitrogens with one attached hydrogen (secondary N) is 1. The van der Waals surface area contributed by atoms with E-state index in [1.165, 1.54) is 4.90 Å². The van der Waals surface area contributed by atoms with Gasteiger partial charge in [-0.05, 0) is 43.0 Å². The Morgan fingerprint density at radius 1 is 1.06 bits per heavy atom. The molecule has 0 heterocycles. The zero-order chi connectivity index (χ0) is 25.3. The first-order valence-electron chi connectivity index (χ1n) is 11.4. The summed E-state index contributed by atoms with van der Waals surface area (Å²) in [7, 11) is -3.76. The van der Waals surface area contributed by atoms with Crippen molar-refractivity contribution in [2.24, 2.45) is 0 Å². The van der Waals surface area contributed by atoms with Crippen molar-refractivity contribution in [3.63, 3.8) is 0 Å². The van der Waals surface area contributed by atoms with Crippen molar-refractivity contribution in [3.8, 4) is 0 Å². The summed E-state index contributed by atoms with van der Waals surface area (Å²) >= 11 is 6.35. The van der Waals surface area contributed by atoms with Crippen LogP contribution in [-0.4, -0.2) is 50.5 Å². The SMILES string of the molecule is CCCCNC(=O)C(CC)N(Cc1ccccc1Cl)C(=O)CN(c1ccccc1C)S(C)(=O)=O. The van der Waals surface area contributed by atoms with E-state index in [-0.39, 0.29) is 12.5 Å². The molecule has 2 rings (SSSR count). The van der Waals surface area contributed by atoms with Crippen LogP contribution in [0, 0.1) is 6.92 Å². The van der Waals surface area contributed by atoms with Gasteiger partial charge in [0.15, 0.2) is 0 Å². The molecule has 0 aliphatic carbocycles. The molecule has 0 aliphatic rings. The third kappa shape index (κ3) is 7.46. The van der Waals surface area contributed by atoms with E-state index in [9.17, 15) is 18.0 Å². The quantitative estimate of drug-likeness (QED) is 0.437. The smallest absolute Gasteiger partial charge is 0.244 e. The second kappa shape index (κ2) is 12.8. The first kappa shape index (κ1) is 27.7. The van der Waals surface area contributed by atoms with Gasteiger partial charge in [0.25, 0.3) is 0 Å². The second-order valence-corrected chi connectivity index (χ2v) is 10.6. The Morgan fingerprint density at radius 2 is 1.71 bits per heavy atom. The molecule has 0 bridgehead atoms. The van der Waals surface area contributed by atoms with E-state index in [0.717, 1.165) is 29.0 Å². The predicted molar refractivity (Wildman–Crippen MR) is 137 cm³/mol. The number of sulfonamides is 1. The number of hydrogen-bond donors (Lipinski definition) is 1. The van der Waals surface area contributed by atoms with Crippen molar-refractivity contribution in [2.45, 2.75) is 52.6 Å². The molecule has 1 N–H and O–H groups in total. The summed E-state index contributed by atoms with van der Waals surface area (Å²) in [5, 5.41) is 3.37. The van der Waals surface area contributed by atoms with Gasteiger partial charge in [-0.2, -0.15) is 0 Å². The summed E-state index contributed by atoms with van der Waals surface area (Å²) in [5.74, 6) is -0.746. The molecule has 0 aromatic heterocycles. The number of rotatable bonds is 12. The van der Waals surface area contributed by atoms with E-state index in [4.69, 9.17) is 11.6 Å². The van der Waals surface area contributed by atoms with E-state index in [2.05, 4.69) is 5.32 Å². The van der Waals surface area contributed by atoms with Gasteiger partial charge in [-0.1, -0.05) is 68.3 Å². The highest BCUT2D eigenvalue weighted by molar-refractivity contribution is 7.92. The zero-order valence-corrected chi connectivity index (χ0v) is 21.8. The van der Waals surface area contributed by atoms with E-state index in [1.807, 2.05) is 19.9 Å². The molecule has 186 valence electrons. The molecule has 0 fully saturated rings. The topological polar surface area (TPSA) is 86.8 Å². The van der Waals surface area contributed by atoms with Crippen molar-refractivity contribution >= 4 is 39.1 Å². The van der Waals surface area contributed by atoms with Crippen LogP contribution in [0.4, 0.5) is 5.69 Å². The monoisotopic (exact) mass is 507 g/mol. The third-order valence-corrected chi connectivity index (χ3v) is 7.07. The maximum absolute atomic E-state index is 13.6. The number of carbonyl (C=O) groups excluding carboxylic acids is 2. The minimum atomic E-state index is -3.76. The van der Waals surface area contributed by atoms with Crippen molar-refractivity contribution in [1.82, 2.24) is 10.2 Å². The minimum absolute atomic E-state index is 0.0869. The standard InChI is InChI=1S/C25H34ClN3O4S/c1-5-7-16-27-25(31)22(6-2)28(17-20-13-9-10-14-21(20)26)24(30)18-29(34(4,32)33)23-15-11-8-12-19(23)3/h8-15,22H,5-7,16-18H2,1-4H3,(H,27,31). The number of aryl methyl sites for hydroxylation is 1. The Bertz CT molecular complexity index is 1090. The van der Waals surface area contributed by atoms with Crippen LogP contribution in [0.25, 0.3) is 0 Å². The van der Waals surface area contributed by atoms with E-state index in [0.29, 0.717) is 29.2 Å². The largest absolute Gasteiger partial charge is 0.354 e. The number of benzene rings is 2. The molecule has 0 radical (unpaired) electrons. The lowest BCUT2D eigenvalue weighted by atomic mass is 10.1. The molecule has 1 unspecified atom stereocenters. The molecule has 2 aromatic rings. The normalized spacial score (nSPS) is 12.1. The molecule has 0 saturated heterocycles. The van der Waals surface area contributed by atoms with Gasteiger partial charge in [-0.3, -0.25) is 13.9 Å². The van der Waals surface area contributed by atoms with Gasteiger partial charge in [0.05, 0.1) is 11.9 Å². The van der Waals surface area contributed by atoms with Gasteiger partial charge < -0.3 is 10.2 Å². The Kier molecular flexibility index (Phi) is 10.4. The second-order valence-electron chi connectivity index (χ2n) is 8.24. The third-order valence-electron chi connectivity index (χ3n) is 5.58. The van der Waals surface area contributed by atoms with Crippen molar-refractivity contribution in [3.05, 3.63) is 64.7 Å². The summed E-state index contributed by atoms with van der Waals surface area (Å²) in [5.41, 5.74) is 1.83. The van der Waals surface area contributed by atoms with Gasteiger partial charge in [-0.25, -0.2) is 8.42 Å². The molecular weight excluding hydrogens is 474 g/mol. The molecule has 9 heteroatoms. The number of amides is 2. The van der Waals surface area contributed by atoms with E-state index >= 15 is 0 Å². The van der Waals surface area contributed by atoms with E-state index in [1.54, 1.807) is 49.4 Å². The van der Waals surface area contributed by atoms with E-state index < -0.39 is 28.5 Å². The fraction of sp³-hybridized carbons (Fsp3) is 0.440. The zero-order valence-electron chi connectivity index (χ0n) is 20.3. The number of hydrogen-bond acceptors (Lipinski definition) is 4. The van der Waals surface area contributed by atoms with Crippen LogP contribution >= 0.6 is 11.6 Å². The Hall–Kier alpha value is -2.58. The van der Waals surface area contributed by atoms with Crippen molar-refractivity contribution < 1.29 is 18.0 Å². The van der Waals surface area contributed by atoms with Gasteiger partial charge in [0.1, 0.15) is 12.6 Å². The lowest BCUT2D eigenvalue weighted by Crippen LogP contribution is -2.52. The Labute approximate surface area is 208 Å². The van der Waals surface area contributed by atoms with Crippen LogP contribution in [0.5, 0.6) is 0 Å². The average molecular weight is 508 g/mol. The molecule has 1 atom stereocenters. The lowest BCUT2D eigenvalue weighted by Gasteiger charge is -2.33. The van der Waals surface area contributed by atoms with Gasteiger partial charge >= 0.3 is 0 Å². The van der Waals surface area contributed by atoms with Crippen LogP contribution in [0.3, 0.4) is 0 Å². The minimum Gasteiger partial charge on any atom is -0.354 e. The highest BCUT2D eigenvalue weighted by atomic mass is 35.5. The Balaban J connectivity index is 2.43. The molecular formula is C25H34ClN3O4S. The average Bonchev–Trinajstić information content (AvgIpc) is 2.78. The molecule has 0 saturated carbocycles. The number of halogens is 1. The van der Waals surface area contributed by atoms with Gasteiger partial charge in [-0.15, -0.1) is 0 Å². The van der Waals surface area contributed by atoms with Crippen LogP contribution in [0.15, 0.2) is 48.5 Å². The molecule has 2 amide bonds. The molecule has 0 spiro atoms. The molecule has 2 aromatic carbocycles. The van der Waals surface area contributed by atoms with Gasteiger partial charge in [0, 0.05) is 18.1 Å². The summed E-state index contributed by atoms with van der Waals surface area (Å²) < 4.78 is 26.4. The summed E-state index contributed by atoms with van der Waals surface area (Å²) in [6, 6.07) is 13.3. The highest BCUT2D eigenvalue weighted by Crippen LogP contribution is 2.24. The predicted octanol–water partition coefficient (Wildman–Crippen LogP) is 4.14. The van der Waals surface area contributed by atoms with Crippen LogP contribution in [0.2, 0.25) is 5.02 Å². The number of unbranched alkanes of at least 4 members (excludes halogenated alkanes) is 1. The summed E-state index contributed by atoms with van der Waals surface area (Å²) in [6.45, 7) is 5.82. The molecule has 7 nitrogen and oxygen atoms in total. The van der Waals surface area contributed by atoms with Crippen LogP contribution in [0.1, 0.15) is 44.2 Å². The fourth-order valence-electron chi connectivity index (χ4n) is 3.67. The first-order chi connectivity index (χ1) is 16.1. The van der Waals surface area contributed by atoms with Crippen LogP contribution < -0.4 is 9.62 Å². The van der Waals surface area contributed by atoms with Crippen molar-refractivity contribution in [1.29, 1.82) is 0 Å².